The summed E-state index contributed by atoms with van der Waals surface area (Å²) in [6, 6.07) is 11.8. The lowest BCUT2D eigenvalue weighted by atomic mass is 10.2. The number of carbonyl (C=O) groups is 1. The van der Waals surface area contributed by atoms with Gasteiger partial charge in [-0.1, -0.05) is 30.3 Å². The predicted octanol–water partition coefficient (Wildman–Crippen LogP) is 3.48. The van der Waals surface area contributed by atoms with Crippen molar-refractivity contribution in [3.05, 3.63) is 53.0 Å². The molecule has 1 aromatic carbocycles. The minimum atomic E-state index is -0.417. The molecule has 0 atom stereocenters. The van der Waals surface area contributed by atoms with Crippen LogP contribution in [-0.4, -0.2) is 22.5 Å². The third-order valence-electron chi connectivity index (χ3n) is 3.07. The van der Waals surface area contributed by atoms with Gasteiger partial charge in [-0.05, 0) is 23.9 Å². The van der Waals surface area contributed by atoms with E-state index in [0.717, 1.165) is 15.8 Å². The number of anilines is 1. The Morgan fingerprint density at radius 2 is 2.05 bits per heavy atom. The van der Waals surface area contributed by atoms with E-state index in [1.54, 1.807) is 6.92 Å². The Kier molecular flexibility index (Phi) is 4.29. The maximum absolute atomic E-state index is 12.0. The fraction of sp³-hybridized carbons (Fsp3) is 0.188. The Balaban J connectivity index is 1.88. The van der Waals surface area contributed by atoms with E-state index in [1.807, 2.05) is 41.8 Å². The first-order valence-electron chi connectivity index (χ1n) is 6.98. The van der Waals surface area contributed by atoms with Gasteiger partial charge in [0, 0.05) is 6.54 Å². The average Bonchev–Trinajstić information content (AvgIpc) is 3.01. The molecule has 0 spiro atoms. The van der Waals surface area contributed by atoms with E-state index >= 15 is 0 Å². The van der Waals surface area contributed by atoms with Gasteiger partial charge in [0.15, 0.2) is 5.69 Å². The van der Waals surface area contributed by atoms with Crippen molar-refractivity contribution in [3.8, 4) is 0 Å². The summed E-state index contributed by atoms with van der Waals surface area (Å²) >= 11 is 1.44. The van der Waals surface area contributed by atoms with Crippen LogP contribution < -0.4 is 5.32 Å². The van der Waals surface area contributed by atoms with Crippen LogP contribution in [0.15, 0.2) is 41.8 Å². The van der Waals surface area contributed by atoms with E-state index in [4.69, 9.17) is 4.74 Å². The number of thiophene rings is 1. The van der Waals surface area contributed by atoms with E-state index in [2.05, 4.69) is 15.3 Å². The molecule has 0 aliphatic carbocycles. The molecule has 3 aromatic rings. The summed E-state index contributed by atoms with van der Waals surface area (Å²) in [4.78, 5) is 20.8. The van der Waals surface area contributed by atoms with Gasteiger partial charge < -0.3 is 10.1 Å². The van der Waals surface area contributed by atoms with Crippen molar-refractivity contribution >= 4 is 33.5 Å². The Hall–Kier alpha value is -2.47. The fourth-order valence-corrected chi connectivity index (χ4v) is 2.87. The number of nitrogens with one attached hydrogen (secondary N) is 1. The molecule has 0 fully saturated rings. The Bertz CT molecular complexity index is 786. The van der Waals surface area contributed by atoms with Gasteiger partial charge in [0.2, 0.25) is 5.95 Å². The number of aromatic nitrogens is 2. The minimum absolute atomic E-state index is 0.317. The molecule has 0 bridgehead atoms. The van der Waals surface area contributed by atoms with Crippen LogP contribution in [0.2, 0.25) is 0 Å². The van der Waals surface area contributed by atoms with Crippen molar-refractivity contribution in [1.29, 1.82) is 0 Å². The first-order valence-corrected chi connectivity index (χ1v) is 7.86. The number of hydrogen-bond donors (Lipinski definition) is 1. The van der Waals surface area contributed by atoms with Gasteiger partial charge in [0.05, 0.1) is 16.8 Å². The van der Waals surface area contributed by atoms with Crippen LogP contribution in [0.4, 0.5) is 5.95 Å². The average molecular weight is 313 g/mol. The maximum atomic E-state index is 12.0. The highest BCUT2D eigenvalue weighted by atomic mass is 32.1. The van der Waals surface area contributed by atoms with Crippen LogP contribution in [0.3, 0.4) is 0 Å². The number of esters is 1. The Morgan fingerprint density at radius 1 is 1.23 bits per heavy atom. The highest BCUT2D eigenvalue weighted by Crippen LogP contribution is 2.24. The molecule has 2 heterocycles. The van der Waals surface area contributed by atoms with Crippen molar-refractivity contribution in [2.45, 2.75) is 13.5 Å². The molecule has 3 rings (SSSR count). The zero-order chi connectivity index (χ0) is 15.4. The summed E-state index contributed by atoms with van der Waals surface area (Å²) in [6.45, 7) is 2.69. The molecule has 2 aromatic heterocycles. The second-order valence-corrected chi connectivity index (χ2v) is 5.51. The highest BCUT2D eigenvalue weighted by molar-refractivity contribution is 7.17. The van der Waals surface area contributed by atoms with E-state index in [-0.39, 0.29) is 0 Å². The van der Waals surface area contributed by atoms with Crippen LogP contribution in [0.1, 0.15) is 23.0 Å². The summed E-state index contributed by atoms with van der Waals surface area (Å²) in [5, 5.41) is 5.05. The van der Waals surface area contributed by atoms with Gasteiger partial charge in [0.25, 0.3) is 0 Å². The highest BCUT2D eigenvalue weighted by Gasteiger charge is 2.17. The molecule has 0 unspecified atom stereocenters. The fourth-order valence-electron chi connectivity index (χ4n) is 2.06. The smallest absolute Gasteiger partial charge is 0.358 e. The number of carbonyl (C=O) groups excluding carboxylic acids is 1. The van der Waals surface area contributed by atoms with Crippen LogP contribution in [0.25, 0.3) is 10.2 Å². The third kappa shape index (κ3) is 3.07. The number of hydrogen-bond acceptors (Lipinski definition) is 6. The van der Waals surface area contributed by atoms with Gasteiger partial charge in [-0.25, -0.2) is 14.8 Å². The number of fused-ring (bicyclic) bond motifs is 1. The first-order chi connectivity index (χ1) is 10.8. The van der Waals surface area contributed by atoms with Gasteiger partial charge in [0.1, 0.15) is 0 Å². The number of ether oxygens (including phenoxy) is 1. The standard InChI is InChI=1S/C16H15N3O2S/c1-2-21-15(20)13-14-12(8-9-22-14)18-16(19-13)17-10-11-6-4-3-5-7-11/h3-9H,2,10H2,1H3,(H,17,18,19). The monoisotopic (exact) mass is 313 g/mol. The van der Waals surface area contributed by atoms with Gasteiger partial charge in [-0.2, -0.15) is 0 Å². The van der Waals surface area contributed by atoms with Crippen LogP contribution in [-0.2, 0) is 11.3 Å². The summed E-state index contributed by atoms with van der Waals surface area (Å²) in [7, 11) is 0. The SMILES string of the molecule is CCOC(=O)c1nc(NCc2ccccc2)nc2ccsc12. The third-order valence-corrected chi connectivity index (χ3v) is 3.98. The summed E-state index contributed by atoms with van der Waals surface area (Å²) in [5.74, 6) is 0.0120. The molecule has 5 nitrogen and oxygen atoms in total. The van der Waals surface area contributed by atoms with E-state index < -0.39 is 5.97 Å². The van der Waals surface area contributed by atoms with E-state index in [1.165, 1.54) is 11.3 Å². The number of benzene rings is 1. The second-order valence-electron chi connectivity index (χ2n) is 4.59. The normalized spacial score (nSPS) is 10.6. The second kappa shape index (κ2) is 6.53. The molecule has 0 radical (unpaired) electrons. The Labute approximate surface area is 132 Å². The quantitative estimate of drug-likeness (QED) is 0.731. The van der Waals surface area contributed by atoms with Crippen molar-refractivity contribution in [2.24, 2.45) is 0 Å². The lowest BCUT2D eigenvalue weighted by Crippen LogP contribution is -2.11. The van der Waals surface area contributed by atoms with Crippen molar-refractivity contribution < 1.29 is 9.53 Å². The molecule has 112 valence electrons. The summed E-state index contributed by atoms with van der Waals surface area (Å²) in [5.41, 5.74) is 2.19. The molecule has 22 heavy (non-hydrogen) atoms. The molecule has 0 saturated carbocycles. The molecule has 1 N–H and O–H groups in total. The van der Waals surface area contributed by atoms with Gasteiger partial charge >= 0.3 is 5.97 Å². The first kappa shape index (κ1) is 14.5. The van der Waals surface area contributed by atoms with Gasteiger partial charge in [-0.3, -0.25) is 0 Å². The predicted molar refractivity (Wildman–Crippen MR) is 87.1 cm³/mol. The van der Waals surface area contributed by atoms with Crippen LogP contribution >= 0.6 is 11.3 Å². The van der Waals surface area contributed by atoms with Crippen molar-refractivity contribution in [2.75, 3.05) is 11.9 Å². The topological polar surface area (TPSA) is 64.1 Å². The van der Waals surface area contributed by atoms with Crippen LogP contribution in [0, 0.1) is 0 Å². The van der Waals surface area contributed by atoms with Crippen LogP contribution in [0.5, 0.6) is 0 Å². The Morgan fingerprint density at radius 3 is 2.82 bits per heavy atom. The molecule has 6 heteroatoms. The zero-order valence-electron chi connectivity index (χ0n) is 12.1. The zero-order valence-corrected chi connectivity index (χ0v) is 12.9. The maximum Gasteiger partial charge on any atom is 0.358 e. The molecule has 0 saturated heterocycles. The lowest BCUT2D eigenvalue weighted by molar-refractivity contribution is 0.0522. The largest absolute Gasteiger partial charge is 0.461 e. The summed E-state index contributed by atoms with van der Waals surface area (Å²) < 4.78 is 5.83. The summed E-state index contributed by atoms with van der Waals surface area (Å²) in [6.07, 6.45) is 0. The lowest BCUT2D eigenvalue weighted by Gasteiger charge is -2.07. The molecule has 0 aliphatic rings. The number of nitrogens with zero attached hydrogens (tertiary/aromatic N) is 2. The molecule has 0 aliphatic heterocycles. The molecular weight excluding hydrogens is 298 g/mol. The van der Waals surface area contributed by atoms with Crippen molar-refractivity contribution in [3.63, 3.8) is 0 Å². The molecule has 0 amide bonds. The van der Waals surface area contributed by atoms with Gasteiger partial charge in [-0.15, -0.1) is 11.3 Å². The molecular formula is C16H15N3O2S. The van der Waals surface area contributed by atoms with Crippen molar-refractivity contribution in [1.82, 2.24) is 9.97 Å². The minimum Gasteiger partial charge on any atom is -0.461 e. The van der Waals surface area contributed by atoms with E-state index in [0.29, 0.717) is 24.8 Å². The van der Waals surface area contributed by atoms with E-state index in [9.17, 15) is 4.79 Å². The number of rotatable bonds is 5.